The van der Waals surface area contributed by atoms with Crippen LogP contribution in [0.25, 0.3) is 16.7 Å². The zero-order valence-corrected chi connectivity index (χ0v) is 10.7. The predicted molar refractivity (Wildman–Crippen MR) is 71.6 cm³/mol. The van der Waals surface area contributed by atoms with Gasteiger partial charge in [-0.1, -0.05) is 0 Å². The summed E-state index contributed by atoms with van der Waals surface area (Å²) in [6.07, 6.45) is 1.45. The number of aromatic amines is 2. The largest absolute Gasteiger partial charge is 0.316 e. The molecule has 3 rings (SSSR count). The van der Waals surface area contributed by atoms with Gasteiger partial charge in [0.25, 0.3) is 5.56 Å². The normalized spacial score (nSPS) is 11.1. The molecule has 0 fully saturated rings. The lowest BCUT2D eigenvalue weighted by Gasteiger charge is -2.06. The number of hydrogen-bond donors (Lipinski definition) is 2. The third kappa shape index (κ3) is 1.88. The van der Waals surface area contributed by atoms with E-state index in [0.29, 0.717) is 22.3 Å². The molecule has 0 aliphatic heterocycles. The van der Waals surface area contributed by atoms with Gasteiger partial charge < -0.3 is 4.98 Å². The van der Waals surface area contributed by atoms with Crippen molar-refractivity contribution in [3.8, 4) is 5.69 Å². The quantitative estimate of drug-likeness (QED) is 0.670. The third-order valence-corrected chi connectivity index (χ3v) is 3.06. The van der Waals surface area contributed by atoms with Gasteiger partial charge in [0.15, 0.2) is 4.77 Å². The minimum Gasteiger partial charge on any atom is -0.316 e. The molecule has 0 bridgehead atoms. The molecule has 0 atom stereocenters. The van der Waals surface area contributed by atoms with Crippen LogP contribution in [0.15, 0.2) is 29.2 Å². The summed E-state index contributed by atoms with van der Waals surface area (Å²) >= 11 is 4.94. The van der Waals surface area contributed by atoms with E-state index in [1.165, 1.54) is 23.0 Å². The number of aryl methyl sites for hydroxylation is 1. The molecule has 0 saturated heterocycles. The molecule has 0 amide bonds. The topological polar surface area (TPSA) is 66.5 Å². The summed E-state index contributed by atoms with van der Waals surface area (Å²) < 4.78 is 14.9. The van der Waals surface area contributed by atoms with E-state index < -0.39 is 0 Å². The zero-order valence-electron chi connectivity index (χ0n) is 9.90. The van der Waals surface area contributed by atoms with Crippen molar-refractivity contribution >= 4 is 23.3 Å². The van der Waals surface area contributed by atoms with Gasteiger partial charge >= 0.3 is 0 Å². The Morgan fingerprint density at radius 2 is 2.16 bits per heavy atom. The summed E-state index contributed by atoms with van der Waals surface area (Å²) in [5.74, 6) is -0.316. The van der Waals surface area contributed by atoms with Crippen molar-refractivity contribution < 1.29 is 4.39 Å². The van der Waals surface area contributed by atoms with Crippen molar-refractivity contribution in [1.82, 2.24) is 19.7 Å². The number of rotatable bonds is 1. The van der Waals surface area contributed by atoms with Gasteiger partial charge in [-0.2, -0.15) is 5.10 Å². The molecule has 0 aliphatic rings. The second-order valence-corrected chi connectivity index (χ2v) is 4.57. The van der Waals surface area contributed by atoms with Gasteiger partial charge in [0.1, 0.15) is 16.9 Å². The number of H-pyrrole nitrogens is 2. The van der Waals surface area contributed by atoms with E-state index in [4.69, 9.17) is 12.2 Å². The number of aromatic nitrogens is 4. The molecule has 2 aromatic heterocycles. The molecule has 0 radical (unpaired) electrons. The maximum Gasteiger partial charge on any atom is 0.262 e. The van der Waals surface area contributed by atoms with E-state index in [1.54, 1.807) is 13.0 Å². The molecule has 5 nitrogen and oxygen atoms in total. The van der Waals surface area contributed by atoms with Crippen LogP contribution in [0.5, 0.6) is 0 Å². The SMILES string of the molecule is Cc1cc(F)ccc1-n1ncc2c(=O)[nH]c(=S)[nH]c21. The lowest BCUT2D eigenvalue weighted by molar-refractivity contribution is 0.625. The Morgan fingerprint density at radius 1 is 1.37 bits per heavy atom. The molecule has 0 aliphatic carbocycles. The highest BCUT2D eigenvalue weighted by Crippen LogP contribution is 2.18. The maximum absolute atomic E-state index is 13.1. The van der Waals surface area contributed by atoms with E-state index in [9.17, 15) is 9.18 Å². The van der Waals surface area contributed by atoms with Crippen LogP contribution in [0, 0.1) is 17.5 Å². The van der Waals surface area contributed by atoms with Crippen LogP contribution in [0.2, 0.25) is 0 Å². The van der Waals surface area contributed by atoms with Gasteiger partial charge in [0.05, 0.1) is 11.9 Å². The van der Waals surface area contributed by atoms with Crippen LogP contribution in [0.1, 0.15) is 5.56 Å². The summed E-state index contributed by atoms with van der Waals surface area (Å²) in [5.41, 5.74) is 1.59. The number of nitrogens with zero attached hydrogens (tertiary/aromatic N) is 2. The smallest absolute Gasteiger partial charge is 0.262 e. The molecule has 19 heavy (non-hydrogen) atoms. The summed E-state index contributed by atoms with van der Waals surface area (Å²) in [7, 11) is 0. The van der Waals surface area contributed by atoms with E-state index in [1.807, 2.05) is 0 Å². The van der Waals surface area contributed by atoms with Gasteiger partial charge in [-0.3, -0.25) is 9.78 Å². The molecule has 0 saturated carbocycles. The summed E-state index contributed by atoms with van der Waals surface area (Å²) in [6.45, 7) is 1.77. The average molecular weight is 276 g/mol. The molecule has 3 aromatic rings. The highest BCUT2D eigenvalue weighted by atomic mass is 32.1. The Bertz CT molecular complexity index is 893. The Labute approximate surface area is 111 Å². The summed E-state index contributed by atoms with van der Waals surface area (Å²) in [4.78, 5) is 17.1. The van der Waals surface area contributed by atoms with Gasteiger partial charge in [-0.15, -0.1) is 0 Å². The number of halogens is 1. The maximum atomic E-state index is 13.1. The molecule has 0 unspecified atom stereocenters. The van der Waals surface area contributed by atoms with Crippen molar-refractivity contribution in [3.63, 3.8) is 0 Å². The predicted octanol–water partition coefficient (Wildman–Crippen LogP) is 2.22. The number of benzene rings is 1. The van der Waals surface area contributed by atoms with Crippen LogP contribution in [0.3, 0.4) is 0 Å². The monoisotopic (exact) mass is 276 g/mol. The minimum atomic E-state index is -0.316. The lowest BCUT2D eigenvalue weighted by Crippen LogP contribution is -2.08. The third-order valence-electron chi connectivity index (χ3n) is 2.86. The van der Waals surface area contributed by atoms with Crippen molar-refractivity contribution in [1.29, 1.82) is 0 Å². The van der Waals surface area contributed by atoms with Crippen molar-refractivity contribution in [2.45, 2.75) is 6.92 Å². The van der Waals surface area contributed by atoms with Crippen LogP contribution >= 0.6 is 12.2 Å². The van der Waals surface area contributed by atoms with E-state index in [2.05, 4.69) is 15.1 Å². The molecular weight excluding hydrogens is 267 g/mol. The second kappa shape index (κ2) is 4.13. The fourth-order valence-electron chi connectivity index (χ4n) is 1.98. The molecule has 2 heterocycles. The van der Waals surface area contributed by atoms with E-state index in [-0.39, 0.29) is 16.1 Å². The van der Waals surface area contributed by atoms with Crippen LogP contribution in [-0.2, 0) is 0 Å². The van der Waals surface area contributed by atoms with Crippen molar-refractivity contribution in [2.24, 2.45) is 0 Å². The van der Waals surface area contributed by atoms with Crippen molar-refractivity contribution in [2.75, 3.05) is 0 Å². The molecule has 2 N–H and O–H groups in total. The molecule has 7 heteroatoms. The first-order chi connectivity index (χ1) is 9.06. The number of fused-ring (bicyclic) bond motifs is 1. The Hall–Kier alpha value is -2.28. The highest BCUT2D eigenvalue weighted by Gasteiger charge is 2.10. The standard InChI is InChI=1S/C12H9FN4OS/c1-6-4-7(13)2-3-9(6)17-10-8(5-14-17)11(18)16-12(19)15-10/h2-5H,1H3,(H2,15,16,18,19). The van der Waals surface area contributed by atoms with E-state index in [0.717, 1.165) is 0 Å². The summed E-state index contributed by atoms with van der Waals surface area (Å²) in [6, 6.07) is 4.36. The van der Waals surface area contributed by atoms with Crippen LogP contribution < -0.4 is 5.56 Å². The van der Waals surface area contributed by atoms with Gasteiger partial charge in [0, 0.05) is 0 Å². The Morgan fingerprint density at radius 3 is 2.89 bits per heavy atom. The first-order valence-corrected chi connectivity index (χ1v) is 5.94. The second-order valence-electron chi connectivity index (χ2n) is 4.16. The van der Waals surface area contributed by atoms with Gasteiger partial charge in [0.2, 0.25) is 0 Å². The molecule has 1 aromatic carbocycles. The minimum absolute atomic E-state index is 0.221. The average Bonchev–Trinajstić information content (AvgIpc) is 2.73. The number of hydrogen-bond acceptors (Lipinski definition) is 3. The Balaban J connectivity index is 2.37. The van der Waals surface area contributed by atoms with Gasteiger partial charge in [-0.05, 0) is 42.9 Å². The van der Waals surface area contributed by atoms with Crippen molar-refractivity contribution in [3.05, 3.63) is 50.9 Å². The van der Waals surface area contributed by atoms with Gasteiger partial charge in [-0.25, -0.2) is 9.07 Å². The molecule has 96 valence electrons. The molecular formula is C12H9FN4OS. The number of nitrogens with one attached hydrogen (secondary N) is 2. The first-order valence-electron chi connectivity index (χ1n) is 5.53. The highest BCUT2D eigenvalue weighted by molar-refractivity contribution is 7.71. The lowest BCUT2D eigenvalue weighted by atomic mass is 10.2. The molecule has 0 spiro atoms. The van der Waals surface area contributed by atoms with Crippen LogP contribution in [-0.4, -0.2) is 19.7 Å². The van der Waals surface area contributed by atoms with E-state index >= 15 is 0 Å². The van der Waals surface area contributed by atoms with Crippen LogP contribution in [0.4, 0.5) is 4.39 Å². The zero-order chi connectivity index (χ0) is 13.6. The Kier molecular flexibility index (Phi) is 2.56. The fraction of sp³-hybridized carbons (Fsp3) is 0.0833. The first kappa shape index (κ1) is 11.8. The fourth-order valence-corrected chi connectivity index (χ4v) is 2.17. The summed E-state index contributed by atoms with van der Waals surface area (Å²) in [5, 5.41) is 4.55.